The third-order valence-electron chi connectivity index (χ3n) is 3.05. The van der Waals surface area contributed by atoms with Crippen LogP contribution in [0.15, 0.2) is 48.5 Å². The van der Waals surface area contributed by atoms with Crippen LogP contribution in [0.25, 0.3) is 0 Å². The zero-order valence-corrected chi connectivity index (χ0v) is 13.0. The van der Waals surface area contributed by atoms with Crippen LogP contribution < -0.4 is 10.6 Å². The maximum atomic E-state index is 12.1. The predicted octanol–water partition coefficient (Wildman–Crippen LogP) is 3.73. The monoisotopic (exact) mass is 316 g/mol. The highest BCUT2D eigenvalue weighted by Crippen LogP contribution is 2.13. The Morgan fingerprint density at radius 3 is 2.05 bits per heavy atom. The largest absolute Gasteiger partial charge is 0.352 e. The van der Waals surface area contributed by atoms with Gasteiger partial charge in [-0.1, -0.05) is 18.5 Å². The Morgan fingerprint density at radius 1 is 0.909 bits per heavy atom. The first-order valence-electron chi connectivity index (χ1n) is 7.05. The van der Waals surface area contributed by atoms with Gasteiger partial charge in [-0.3, -0.25) is 9.59 Å². The van der Waals surface area contributed by atoms with Crippen molar-refractivity contribution in [2.24, 2.45) is 0 Å². The molecule has 0 spiro atoms. The van der Waals surface area contributed by atoms with Crippen molar-refractivity contribution in [3.05, 3.63) is 64.7 Å². The van der Waals surface area contributed by atoms with Crippen LogP contribution in [0.1, 0.15) is 34.1 Å². The average molecular weight is 317 g/mol. The molecule has 2 aromatic rings. The van der Waals surface area contributed by atoms with E-state index in [0.717, 1.165) is 6.42 Å². The first kappa shape index (κ1) is 16.0. The van der Waals surface area contributed by atoms with Gasteiger partial charge in [0.15, 0.2) is 0 Å². The van der Waals surface area contributed by atoms with Gasteiger partial charge in [-0.15, -0.1) is 0 Å². The fourth-order valence-electron chi connectivity index (χ4n) is 1.85. The molecule has 0 aliphatic heterocycles. The van der Waals surface area contributed by atoms with E-state index in [1.807, 2.05) is 6.92 Å². The third kappa shape index (κ3) is 4.33. The van der Waals surface area contributed by atoms with Crippen molar-refractivity contribution >= 4 is 29.1 Å². The van der Waals surface area contributed by atoms with Gasteiger partial charge in [-0.25, -0.2) is 0 Å². The van der Waals surface area contributed by atoms with E-state index in [1.54, 1.807) is 48.5 Å². The summed E-state index contributed by atoms with van der Waals surface area (Å²) in [5.41, 5.74) is 1.72. The highest BCUT2D eigenvalue weighted by Gasteiger charge is 2.07. The lowest BCUT2D eigenvalue weighted by atomic mass is 10.1. The lowest BCUT2D eigenvalue weighted by molar-refractivity contribution is 0.0953. The van der Waals surface area contributed by atoms with E-state index in [1.165, 1.54) is 0 Å². The second-order valence-electron chi connectivity index (χ2n) is 4.79. The van der Waals surface area contributed by atoms with Crippen LogP contribution in [0, 0.1) is 0 Å². The fourth-order valence-corrected chi connectivity index (χ4v) is 1.98. The summed E-state index contributed by atoms with van der Waals surface area (Å²) in [6, 6.07) is 13.4. The molecular weight excluding hydrogens is 300 g/mol. The molecule has 0 atom stereocenters. The van der Waals surface area contributed by atoms with Gasteiger partial charge in [-0.05, 0) is 55.0 Å². The molecule has 0 aliphatic rings. The number of benzene rings is 2. The predicted molar refractivity (Wildman–Crippen MR) is 88.5 cm³/mol. The molecule has 0 saturated carbocycles. The Kier molecular flexibility index (Phi) is 5.55. The summed E-state index contributed by atoms with van der Waals surface area (Å²) in [5.74, 6) is -0.336. The van der Waals surface area contributed by atoms with Crippen LogP contribution in [0.2, 0.25) is 5.02 Å². The molecule has 0 unspecified atom stereocenters. The van der Waals surface area contributed by atoms with E-state index in [0.29, 0.717) is 28.4 Å². The Bertz CT molecular complexity index is 651. The minimum absolute atomic E-state index is 0.113. The SMILES string of the molecule is CCCNC(=O)c1ccc(NC(=O)c2ccc(Cl)cc2)cc1. The summed E-state index contributed by atoms with van der Waals surface area (Å²) in [6.07, 6.45) is 0.890. The molecule has 0 heterocycles. The minimum atomic E-state index is -0.222. The Morgan fingerprint density at radius 2 is 1.45 bits per heavy atom. The first-order chi connectivity index (χ1) is 10.6. The van der Waals surface area contributed by atoms with Crippen molar-refractivity contribution < 1.29 is 9.59 Å². The second kappa shape index (κ2) is 7.61. The van der Waals surface area contributed by atoms with Gasteiger partial charge in [-0.2, -0.15) is 0 Å². The number of hydrogen-bond acceptors (Lipinski definition) is 2. The molecule has 0 aromatic heterocycles. The number of amides is 2. The van der Waals surface area contributed by atoms with Crippen LogP contribution in [-0.2, 0) is 0 Å². The minimum Gasteiger partial charge on any atom is -0.352 e. The van der Waals surface area contributed by atoms with Crippen molar-refractivity contribution in [3.63, 3.8) is 0 Å². The van der Waals surface area contributed by atoms with Crippen molar-refractivity contribution in [2.75, 3.05) is 11.9 Å². The van der Waals surface area contributed by atoms with Gasteiger partial charge in [0.05, 0.1) is 0 Å². The van der Waals surface area contributed by atoms with Crippen LogP contribution >= 0.6 is 11.6 Å². The van der Waals surface area contributed by atoms with Crippen LogP contribution in [0.3, 0.4) is 0 Å². The molecule has 0 bridgehead atoms. The summed E-state index contributed by atoms with van der Waals surface area (Å²) in [7, 11) is 0. The van der Waals surface area contributed by atoms with E-state index in [4.69, 9.17) is 11.6 Å². The zero-order chi connectivity index (χ0) is 15.9. The smallest absolute Gasteiger partial charge is 0.255 e. The molecule has 2 amide bonds. The number of rotatable bonds is 5. The molecule has 114 valence electrons. The topological polar surface area (TPSA) is 58.2 Å². The number of anilines is 1. The Labute approximate surface area is 134 Å². The Hall–Kier alpha value is -2.33. The molecule has 4 nitrogen and oxygen atoms in total. The number of halogens is 1. The molecule has 22 heavy (non-hydrogen) atoms. The van der Waals surface area contributed by atoms with Gasteiger partial charge in [0.25, 0.3) is 11.8 Å². The number of carbonyl (C=O) groups excluding carboxylic acids is 2. The number of nitrogens with one attached hydrogen (secondary N) is 2. The molecular formula is C17H17ClN2O2. The molecule has 2 aromatic carbocycles. The summed E-state index contributed by atoms with van der Waals surface area (Å²) in [4.78, 5) is 23.8. The second-order valence-corrected chi connectivity index (χ2v) is 5.23. The lowest BCUT2D eigenvalue weighted by Gasteiger charge is -2.07. The molecule has 0 radical (unpaired) electrons. The van der Waals surface area contributed by atoms with E-state index < -0.39 is 0 Å². The maximum Gasteiger partial charge on any atom is 0.255 e. The van der Waals surface area contributed by atoms with Crippen molar-refractivity contribution in [2.45, 2.75) is 13.3 Å². The summed E-state index contributed by atoms with van der Waals surface area (Å²) in [6.45, 7) is 2.64. The molecule has 5 heteroatoms. The van der Waals surface area contributed by atoms with Gasteiger partial charge in [0.1, 0.15) is 0 Å². The zero-order valence-electron chi connectivity index (χ0n) is 12.2. The van der Waals surface area contributed by atoms with E-state index >= 15 is 0 Å². The molecule has 2 rings (SSSR count). The van der Waals surface area contributed by atoms with Crippen LogP contribution in [0.5, 0.6) is 0 Å². The third-order valence-corrected chi connectivity index (χ3v) is 3.30. The average Bonchev–Trinajstić information content (AvgIpc) is 2.54. The number of carbonyl (C=O) groups is 2. The highest BCUT2D eigenvalue weighted by atomic mass is 35.5. The quantitative estimate of drug-likeness (QED) is 0.883. The van der Waals surface area contributed by atoms with Crippen LogP contribution in [-0.4, -0.2) is 18.4 Å². The molecule has 0 fully saturated rings. The fraction of sp³-hybridized carbons (Fsp3) is 0.176. The standard InChI is InChI=1S/C17H17ClN2O2/c1-2-11-19-16(21)12-5-9-15(10-6-12)20-17(22)13-3-7-14(18)8-4-13/h3-10H,2,11H2,1H3,(H,19,21)(H,20,22). The lowest BCUT2D eigenvalue weighted by Crippen LogP contribution is -2.23. The Balaban J connectivity index is 2.00. The van der Waals surface area contributed by atoms with Gasteiger partial charge >= 0.3 is 0 Å². The van der Waals surface area contributed by atoms with Crippen molar-refractivity contribution in [3.8, 4) is 0 Å². The van der Waals surface area contributed by atoms with Gasteiger partial charge in [0.2, 0.25) is 0 Å². The summed E-state index contributed by atoms with van der Waals surface area (Å²) < 4.78 is 0. The maximum absolute atomic E-state index is 12.1. The normalized spacial score (nSPS) is 10.1. The van der Waals surface area contributed by atoms with E-state index in [9.17, 15) is 9.59 Å². The molecule has 2 N–H and O–H groups in total. The molecule has 0 saturated heterocycles. The van der Waals surface area contributed by atoms with E-state index in [2.05, 4.69) is 10.6 Å². The van der Waals surface area contributed by atoms with Gasteiger partial charge < -0.3 is 10.6 Å². The van der Waals surface area contributed by atoms with E-state index in [-0.39, 0.29) is 11.8 Å². The number of hydrogen-bond donors (Lipinski definition) is 2. The summed E-state index contributed by atoms with van der Waals surface area (Å²) >= 11 is 5.79. The molecule has 0 aliphatic carbocycles. The van der Waals surface area contributed by atoms with Crippen LogP contribution in [0.4, 0.5) is 5.69 Å². The highest BCUT2D eigenvalue weighted by molar-refractivity contribution is 6.30. The van der Waals surface area contributed by atoms with Crippen molar-refractivity contribution in [1.82, 2.24) is 5.32 Å². The summed E-state index contributed by atoms with van der Waals surface area (Å²) in [5, 5.41) is 6.16. The first-order valence-corrected chi connectivity index (χ1v) is 7.43. The van der Waals surface area contributed by atoms with Gasteiger partial charge in [0, 0.05) is 28.4 Å². The van der Waals surface area contributed by atoms with Crippen molar-refractivity contribution in [1.29, 1.82) is 0 Å².